The van der Waals surface area contributed by atoms with Crippen molar-refractivity contribution in [1.29, 1.82) is 0 Å². The SMILES string of the molecule is COc1cc(OC)cc(OC2CNC2)c1.O=C(O)C(=O)O. The Kier molecular flexibility index (Phi) is 6.28. The minimum Gasteiger partial charge on any atom is -0.496 e. The lowest BCUT2D eigenvalue weighted by molar-refractivity contribution is -0.159. The summed E-state index contributed by atoms with van der Waals surface area (Å²) in [4.78, 5) is 18.2. The molecule has 0 bridgehead atoms. The van der Waals surface area contributed by atoms with Crippen LogP contribution < -0.4 is 19.5 Å². The van der Waals surface area contributed by atoms with Gasteiger partial charge in [-0.15, -0.1) is 0 Å². The number of hydrogen-bond acceptors (Lipinski definition) is 6. The highest BCUT2D eigenvalue weighted by Crippen LogP contribution is 2.28. The van der Waals surface area contributed by atoms with E-state index in [1.807, 2.05) is 18.2 Å². The average molecular weight is 299 g/mol. The highest BCUT2D eigenvalue weighted by atomic mass is 16.5. The summed E-state index contributed by atoms with van der Waals surface area (Å²) < 4.78 is 16.0. The summed E-state index contributed by atoms with van der Waals surface area (Å²) in [6.45, 7) is 1.80. The first-order valence-electron chi connectivity index (χ1n) is 6.03. The highest BCUT2D eigenvalue weighted by molar-refractivity contribution is 6.27. The molecule has 21 heavy (non-hydrogen) atoms. The Morgan fingerprint density at radius 1 is 1.00 bits per heavy atom. The Hall–Kier alpha value is -2.48. The maximum absolute atomic E-state index is 9.10. The third-order valence-corrected chi connectivity index (χ3v) is 2.55. The predicted octanol–water partition coefficient (Wildman–Crippen LogP) is 0.210. The molecule has 1 heterocycles. The Bertz CT molecular complexity index is 465. The lowest BCUT2D eigenvalue weighted by Gasteiger charge is -2.28. The third kappa shape index (κ3) is 5.57. The number of carboxylic acid groups (broad SMARTS) is 2. The number of carbonyl (C=O) groups is 2. The van der Waals surface area contributed by atoms with Gasteiger partial charge in [0.15, 0.2) is 0 Å². The van der Waals surface area contributed by atoms with Gasteiger partial charge in [0.25, 0.3) is 0 Å². The molecule has 1 fully saturated rings. The molecule has 8 nitrogen and oxygen atoms in total. The van der Waals surface area contributed by atoms with Crippen molar-refractivity contribution in [3.63, 3.8) is 0 Å². The highest BCUT2D eigenvalue weighted by Gasteiger charge is 2.18. The van der Waals surface area contributed by atoms with Gasteiger partial charge in [0.05, 0.1) is 14.2 Å². The molecule has 1 saturated heterocycles. The van der Waals surface area contributed by atoms with Gasteiger partial charge in [0.2, 0.25) is 0 Å². The standard InChI is InChI=1S/C11H15NO3.C2H2O4/c1-13-8-3-9(14-2)5-10(4-8)15-11-6-12-7-11;3-1(4)2(5)6/h3-5,11-12H,6-7H2,1-2H3;(H,3,4)(H,5,6). The number of hydrogen-bond donors (Lipinski definition) is 3. The fourth-order valence-electron chi connectivity index (χ4n) is 1.39. The van der Waals surface area contributed by atoms with Crippen LogP contribution in [-0.4, -0.2) is 55.6 Å². The molecule has 0 unspecified atom stereocenters. The lowest BCUT2D eigenvalue weighted by Crippen LogP contribution is -2.50. The summed E-state index contributed by atoms with van der Waals surface area (Å²) in [5.74, 6) is -1.36. The van der Waals surface area contributed by atoms with Crippen molar-refractivity contribution in [2.45, 2.75) is 6.10 Å². The number of carboxylic acids is 2. The Labute approximate surface area is 121 Å². The number of ether oxygens (including phenoxy) is 3. The molecule has 3 N–H and O–H groups in total. The van der Waals surface area contributed by atoms with Crippen LogP contribution in [0.5, 0.6) is 17.2 Å². The van der Waals surface area contributed by atoms with Crippen LogP contribution >= 0.6 is 0 Å². The first-order valence-corrected chi connectivity index (χ1v) is 6.03. The van der Waals surface area contributed by atoms with Crippen LogP contribution in [0.1, 0.15) is 0 Å². The van der Waals surface area contributed by atoms with Crippen molar-refractivity contribution in [2.75, 3.05) is 27.3 Å². The molecule has 0 aliphatic carbocycles. The van der Waals surface area contributed by atoms with Crippen LogP contribution in [0.4, 0.5) is 0 Å². The number of methoxy groups -OCH3 is 2. The maximum Gasteiger partial charge on any atom is 0.414 e. The lowest BCUT2D eigenvalue weighted by atomic mass is 10.2. The van der Waals surface area contributed by atoms with Crippen molar-refractivity contribution in [3.8, 4) is 17.2 Å². The summed E-state index contributed by atoms with van der Waals surface area (Å²) in [7, 11) is 3.26. The summed E-state index contributed by atoms with van der Waals surface area (Å²) >= 11 is 0. The molecule has 1 aliphatic rings. The van der Waals surface area contributed by atoms with Gasteiger partial charge < -0.3 is 29.7 Å². The molecule has 0 amide bonds. The molecule has 0 spiro atoms. The quantitative estimate of drug-likeness (QED) is 0.676. The second-order valence-electron chi connectivity index (χ2n) is 4.06. The molecule has 1 aromatic rings. The number of nitrogens with one attached hydrogen (secondary N) is 1. The second-order valence-corrected chi connectivity index (χ2v) is 4.06. The van der Waals surface area contributed by atoms with E-state index in [4.69, 9.17) is 34.0 Å². The van der Waals surface area contributed by atoms with Gasteiger partial charge in [-0.25, -0.2) is 9.59 Å². The Balaban J connectivity index is 0.000000315. The van der Waals surface area contributed by atoms with E-state index in [0.29, 0.717) is 0 Å². The molecule has 1 aromatic carbocycles. The molecule has 0 aromatic heterocycles. The van der Waals surface area contributed by atoms with E-state index < -0.39 is 11.9 Å². The second kappa shape index (κ2) is 7.95. The minimum atomic E-state index is -1.82. The summed E-state index contributed by atoms with van der Waals surface area (Å²) in [5.41, 5.74) is 0. The molecule has 1 aliphatic heterocycles. The van der Waals surface area contributed by atoms with Gasteiger partial charge in [-0.1, -0.05) is 0 Å². The average Bonchev–Trinajstić information content (AvgIpc) is 2.43. The molecule has 116 valence electrons. The van der Waals surface area contributed by atoms with Crippen molar-refractivity contribution in [3.05, 3.63) is 18.2 Å². The van der Waals surface area contributed by atoms with Crippen LogP contribution in [0.2, 0.25) is 0 Å². The van der Waals surface area contributed by atoms with Gasteiger partial charge in [-0.3, -0.25) is 0 Å². The monoisotopic (exact) mass is 299 g/mol. The normalized spacial score (nSPS) is 13.2. The predicted molar refractivity (Wildman–Crippen MR) is 72.1 cm³/mol. The third-order valence-electron chi connectivity index (χ3n) is 2.55. The van der Waals surface area contributed by atoms with Gasteiger partial charge >= 0.3 is 11.9 Å². The number of aliphatic carboxylic acids is 2. The van der Waals surface area contributed by atoms with E-state index in [1.165, 1.54) is 0 Å². The Morgan fingerprint density at radius 2 is 1.43 bits per heavy atom. The van der Waals surface area contributed by atoms with Gasteiger partial charge in [0.1, 0.15) is 23.4 Å². The minimum absolute atomic E-state index is 0.266. The molecule has 0 saturated carbocycles. The first-order chi connectivity index (χ1) is 9.96. The van der Waals surface area contributed by atoms with E-state index in [1.54, 1.807) is 14.2 Å². The van der Waals surface area contributed by atoms with Crippen LogP contribution in [0, 0.1) is 0 Å². The Morgan fingerprint density at radius 3 is 1.71 bits per heavy atom. The zero-order valence-electron chi connectivity index (χ0n) is 11.7. The van der Waals surface area contributed by atoms with Crippen molar-refractivity contribution >= 4 is 11.9 Å². The smallest absolute Gasteiger partial charge is 0.414 e. The molecular weight excluding hydrogens is 282 g/mol. The van der Waals surface area contributed by atoms with E-state index in [-0.39, 0.29) is 6.10 Å². The van der Waals surface area contributed by atoms with Gasteiger partial charge in [-0.05, 0) is 0 Å². The zero-order valence-corrected chi connectivity index (χ0v) is 11.7. The molecular formula is C13H17NO7. The van der Waals surface area contributed by atoms with E-state index in [0.717, 1.165) is 30.3 Å². The number of rotatable bonds is 4. The fourth-order valence-corrected chi connectivity index (χ4v) is 1.39. The first kappa shape index (κ1) is 16.6. The van der Waals surface area contributed by atoms with Crippen LogP contribution in [-0.2, 0) is 9.59 Å². The largest absolute Gasteiger partial charge is 0.496 e. The van der Waals surface area contributed by atoms with E-state index in [9.17, 15) is 0 Å². The van der Waals surface area contributed by atoms with Gasteiger partial charge in [-0.2, -0.15) is 0 Å². The summed E-state index contributed by atoms with van der Waals surface area (Å²) in [6, 6.07) is 5.55. The van der Waals surface area contributed by atoms with Crippen molar-refractivity contribution in [2.24, 2.45) is 0 Å². The molecule has 0 atom stereocenters. The fraction of sp³-hybridized carbons (Fsp3) is 0.385. The van der Waals surface area contributed by atoms with E-state index >= 15 is 0 Å². The maximum atomic E-state index is 9.10. The van der Waals surface area contributed by atoms with E-state index in [2.05, 4.69) is 5.32 Å². The summed E-state index contributed by atoms with van der Waals surface area (Å²) in [5, 5.41) is 17.9. The van der Waals surface area contributed by atoms with Crippen molar-refractivity contribution < 1.29 is 34.0 Å². The summed E-state index contributed by atoms with van der Waals surface area (Å²) in [6.07, 6.45) is 0.266. The van der Waals surface area contributed by atoms with Gasteiger partial charge in [0, 0.05) is 31.3 Å². The molecule has 0 radical (unpaired) electrons. The zero-order chi connectivity index (χ0) is 15.8. The van der Waals surface area contributed by atoms with Crippen molar-refractivity contribution in [1.82, 2.24) is 5.32 Å². The topological polar surface area (TPSA) is 114 Å². The van der Waals surface area contributed by atoms with Crippen LogP contribution in [0.3, 0.4) is 0 Å². The number of benzene rings is 1. The van der Waals surface area contributed by atoms with Crippen LogP contribution in [0.25, 0.3) is 0 Å². The van der Waals surface area contributed by atoms with Crippen LogP contribution in [0.15, 0.2) is 18.2 Å². The molecule has 2 rings (SSSR count). The molecule has 8 heteroatoms.